The molecule has 0 radical (unpaired) electrons. The minimum atomic E-state index is -0.194. The molecule has 2 aromatic heterocycles. The van der Waals surface area contributed by atoms with Crippen LogP contribution >= 0.6 is 0 Å². The van der Waals surface area contributed by atoms with E-state index in [0.29, 0.717) is 22.7 Å². The second-order valence-corrected chi connectivity index (χ2v) is 7.79. The van der Waals surface area contributed by atoms with Crippen molar-refractivity contribution < 1.29 is 18.4 Å². The Labute approximate surface area is 173 Å². The SMILES string of the molecule is O=C(NC1CCC(NC(=O)c2cc3ccccc3o2)CC1)c1cc2ccccc2o1. The molecule has 2 amide bonds. The highest BCUT2D eigenvalue weighted by atomic mass is 16.4. The van der Waals surface area contributed by atoms with Gasteiger partial charge in [0.25, 0.3) is 11.8 Å². The molecule has 152 valence electrons. The van der Waals surface area contributed by atoms with Crippen molar-refractivity contribution in [1.29, 1.82) is 0 Å². The molecule has 1 aliphatic carbocycles. The highest BCUT2D eigenvalue weighted by Crippen LogP contribution is 2.23. The normalized spacial score (nSPS) is 19.1. The molecule has 2 heterocycles. The van der Waals surface area contributed by atoms with Crippen LogP contribution in [0.15, 0.2) is 69.5 Å². The van der Waals surface area contributed by atoms with Gasteiger partial charge in [0.05, 0.1) is 0 Å². The van der Waals surface area contributed by atoms with E-state index in [4.69, 9.17) is 8.83 Å². The largest absolute Gasteiger partial charge is 0.451 e. The molecule has 0 saturated heterocycles. The van der Waals surface area contributed by atoms with Crippen LogP contribution in [-0.2, 0) is 0 Å². The number of para-hydroxylation sites is 2. The van der Waals surface area contributed by atoms with Crippen molar-refractivity contribution in [2.75, 3.05) is 0 Å². The van der Waals surface area contributed by atoms with Crippen LogP contribution < -0.4 is 10.6 Å². The van der Waals surface area contributed by atoms with Crippen molar-refractivity contribution in [3.8, 4) is 0 Å². The standard InChI is InChI=1S/C24H22N2O4/c27-23(21-13-15-5-1-3-7-19(15)29-21)25-17-9-11-18(12-10-17)26-24(28)22-14-16-6-2-4-8-20(16)30-22/h1-8,13-14,17-18H,9-12H2,(H,25,27)(H,26,28). The number of fused-ring (bicyclic) bond motifs is 2. The van der Waals surface area contributed by atoms with Gasteiger partial charge in [0, 0.05) is 22.9 Å². The molecule has 0 unspecified atom stereocenters. The number of furan rings is 2. The van der Waals surface area contributed by atoms with Crippen LogP contribution in [-0.4, -0.2) is 23.9 Å². The van der Waals surface area contributed by atoms with Gasteiger partial charge in [-0.1, -0.05) is 36.4 Å². The average molecular weight is 402 g/mol. The molecule has 1 saturated carbocycles. The molecular weight excluding hydrogens is 380 g/mol. The van der Waals surface area contributed by atoms with Gasteiger partial charge in [-0.15, -0.1) is 0 Å². The first kappa shape index (κ1) is 18.5. The number of carbonyl (C=O) groups is 2. The van der Waals surface area contributed by atoms with Crippen molar-refractivity contribution in [2.24, 2.45) is 0 Å². The molecule has 0 bridgehead atoms. The molecular formula is C24H22N2O4. The molecule has 0 spiro atoms. The Morgan fingerprint density at radius 1 is 0.667 bits per heavy atom. The minimum absolute atomic E-state index is 0.0741. The zero-order valence-electron chi connectivity index (χ0n) is 16.4. The third-order valence-corrected chi connectivity index (χ3v) is 5.70. The molecule has 6 nitrogen and oxygen atoms in total. The summed E-state index contributed by atoms with van der Waals surface area (Å²) in [6.45, 7) is 0. The van der Waals surface area contributed by atoms with Gasteiger partial charge in [-0.25, -0.2) is 0 Å². The lowest BCUT2D eigenvalue weighted by atomic mass is 9.91. The fraction of sp³-hybridized carbons (Fsp3) is 0.250. The van der Waals surface area contributed by atoms with E-state index in [1.807, 2.05) is 48.5 Å². The van der Waals surface area contributed by atoms with Gasteiger partial charge in [0.1, 0.15) is 11.2 Å². The summed E-state index contributed by atoms with van der Waals surface area (Å²) in [5, 5.41) is 7.94. The topological polar surface area (TPSA) is 84.5 Å². The number of hydrogen-bond acceptors (Lipinski definition) is 4. The molecule has 6 heteroatoms. The summed E-state index contributed by atoms with van der Waals surface area (Å²) in [4.78, 5) is 25.1. The Morgan fingerprint density at radius 2 is 1.07 bits per heavy atom. The van der Waals surface area contributed by atoms with Crippen molar-refractivity contribution in [1.82, 2.24) is 10.6 Å². The molecule has 0 atom stereocenters. The zero-order valence-corrected chi connectivity index (χ0v) is 16.4. The molecule has 0 aliphatic heterocycles. The van der Waals surface area contributed by atoms with Crippen LogP contribution in [0.4, 0.5) is 0 Å². The maximum Gasteiger partial charge on any atom is 0.287 e. The van der Waals surface area contributed by atoms with Crippen LogP contribution in [0.2, 0.25) is 0 Å². The second-order valence-electron chi connectivity index (χ2n) is 7.79. The molecule has 1 aliphatic rings. The predicted molar refractivity (Wildman–Crippen MR) is 113 cm³/mol. The highest BCUT2D eigenvalue weighted by molar-refractivity contribution is 5.97. The average Bonchev–Trinajstić information content (AvgIpc) is 3.39. The maximum absolute atomic E-state index is 12.5. The van der Waals surface area contributed by atoms with Crippen LogP contribution in [0.1, 0.15) is 46.8 Å². The smallest absolute Gasteiger partial charge is 0.287 e. The first-order chi connectivity index (χ1) is 14.7. The summed E-state index contributed by atoms with van der Waals surface area (Å²) in [6.07, 6.45) is 3.21. The van der Waals surface area contributed by atoms with Crippen molar-refractivity contribution >= 4 is 33.8 Å². The Hall–Kier alpha value is -3.54. The second kappa shape index (κ2) is 7.71. The third kappa shape index (κ3) is 3.68. The maximum atomic E-state index is 12.5. The summed E-state index contributed by atoms with van der Waals surface area (Å²) < 4.78 is 11.3. The van der Waals surface area contributed by atoms with Gasteiger partial charge in [-0.3, -0.25) is 9.59 Å². The predicted octanol–water partition coefficient (Wildman–Crippen LogP) is 4.65. The number of nitrogens with one attached hydrogen (secondary N) is 2. The van der Waals surface area contributed by atoms with Gasteiger partial charge in [0.2, 0.25) is 0 Å². The van der Waals surface area contributed by atoms with Gasteiger partial charge >= 0.3 is 0 Å². The fourth-order valence-electron chi connectivity index (χ4n) is 4.08. The first-order valence-electron chi connectivity index (χ1n) is 10.2. The Morgan fingerprint density at radius 3 is 1.47 bits per heavy atom. The van der Waals surface area contributed by atoms with Gasteiger partial charge in [0.15, 0.2) is 11.5 Å². The van der Waals surface area contributed by atoms with Gasteiger partial charge in [-0.05, 0) is 49.9 Å². The van der Waals surface area contributed by atoms with Crippen LogP contribution in [0.5, 0.6) is 0 Å². The van der Waals surface area contributed by atoms with E-state index in [-0.39, 0.29) is 23.9 Å². The lowest BCUT2D eigenvalue weighted by Gasteiger charge is -2.29. The van der Waals surface area contributed by atoms with Crippen molar-refractivity contribution in [2.45, 2.75) is 37.8 Å². The summed E-state index contributed by atoms with van der Waals surface area (Å²) in [5.74, 6) is 0.273. The highest BCUT2D eigenvalue weighted by Gasteiger charge is 2.26. The van der Waals surface area contributed by atoms with E-state index >= 15 is 0 Å². The Balaban J connectivity index is 1.15. The minimum Gasteiger partial charge on any atom is -0.451 e. The quantitative estimate of drug-likeness (QED) is 0.520. The van der Waals surface area contributed by atoms with Gasteiger partial charge in [-0.2, -0.15) is 0 Å². The van der Waals surface area contributed by atoms with E-state index in [1.54, 1.807) is 12.1 Å². The zero-order chi connectivity index (χ0) is 20.5. The summed E-state index contributed by atoms with van der Waals surface area (Å²) >= 11 is 0. The molecule has 4 aromatic rings. The molecule has 5 rings (SSSR count). The first-order valence-corrected chi connectivity index (χ1v) is 10.2. The Kier molecular flexibility index (Phi) is 4.75. The monoisotopic (exact) mass is 402 g/mol. The summed E-state index contributed by atoms with van der Waals surface area (Å²) in [5.41, 5.74) is 1.42. The molecule has 2 aromatic carbocycles. The molecule has 2 N–H and O–H groups in total. The lowest BCUT2D eigenvalue weighted by Crippen LogP contribution is -2.43. The van der Waals surface area contributed by atoms with Crippen molar-refractivity contribution in [3.05, 3.63) is 72.2 Å². The molecule has 30 heavy (non-hydrogen) atoms. The van der Waals surface area contributed by atoms with Crippen molar-refractivity contribution in [3.63, 3.8) is 0 Å². The Bertz CT molecular complexity index is 1050. The van der Waals surface area contributed by atoms with E-state index in [9.17, 15) is 9.59 Å². The van der Waals surface area contributed by atoms with Crippen LogP contribution in [0.3, 0.4) is 0 Å². The van der Waals surface area contributed by atoms with E-state index in [0.717, 1.165) is 36.5 Å². The number of benzene rings is 2. The fourth-order valence-corrected chi connectivity index (χ4v) is 4.08. The van der Waals surface area contributed by atoms with E-state index in [1.165, 1.54) is 0 Å². The summed E-state index contributed by atoms with van der Waals surface area (Å²) in [6, 6.07) is 18.8. The van der Waals surface area contributed by atoms with E-state index in [2.05, 4.69) is 10.6 Å². The number of hydrogen-bond donors (Lipinski definition) is 2. The number of carbonyl (C=O) groups excluding carboxylic acids is 2. The van der Waals surface area contributed by atoms with Gasteiger partial charge < -0.3 is 19.5 Å². The number of rotatable bonds is 4. The lowest BCUT2D eigenvalue weighted by molar-refractivity contribution is 0.0866. The molecule has 1 fully saturated rings. The number of amides is 2. The summed E-state index contributed by atoms with van der Waals surface area (Å²) in [7, 11) is 0. The van der Waals surface area contributed by atoms with E-state index < -0.39 is 0 Å². The van der Waals surface area contributed by atoms with Crippen LogP contribution in [0, 0.1) is 0 Å². The van der Waals surface area contributed by atoms with Crippen LogP contribution in [0.25, 0.3) is 21.9 Å². The third-order valence-electron chi connectivity index (χ3n) is 5.70.